The van der Waals surface area contributed by atoms with Gasteiger partial charge in [-0.1, -0.05) is 31.5 Å². The van der Waals surface area contributed by atoms with Crippen LogP contribution in [0.25, 0.3) is 11.0 Å². The molecule has 29 heavy (non-hydrogen) atoms. The second kappa shape index (κ2) is 9.07. The van der Waals surface area contributed by atoms with E-state index in [0.29, 0.717) is 13.1 Å². The molecule has 4 rings (SSSR count). The number of rotatable bonds is 7. The molecule has 1 aliphatic rings. The van der Waals surface area contributed by atoms with Gasteiger partial charge in [0.15, 0.2) is 0 Å². The third-order valence-electron chi connectivity index (χ3n) is 5.61. The number of carbonyl (C=O) groups is 1. The lowest BCUT2D eigenvalue weighted by molar-refractivity contribution is -0.125. The second-order valence-electron chi connectivity index (χ2n) is 7.73. The molecule has 152 valence electrons. The maximum atomic E-state index is 12.8. The van der Waals surface area contributed by atoms with Gasteiger partial charge in [-0.3, -0.25) is 9.78 Å². The average Bonchev–Trinajstić information content (AvgIpc) is 3.15. The lowest BCUT2D eigenvalue weighted by Gasteiger charge is -2.33. The van der Waals surface area contributed by atoms with Crippen LogP contribution in [-0.2, 0) is 17.9 Å². The number of piperidine rings is 1. The van der Waals surface area contributed by atoms with E-state index in [2.05, 4.69) is 44.9 Å². The van der Waals surface area contributed by atoms with Crippen LogP contribution in [0.3, 0.4) is 0 Å². The molecular weight excluding hydrogens is 362 g/mol. The summed E-state index contributed by atoms with van der Waals surface area (Å²) in [5, 5.41) is 3.06. The number of amides is 1. The quantitative estimate of drug-likeness (QED) is 0.666. The fraction of sp³-hybridized carbons (Fsp3) is 0.435. The molecule has 1 atom stereocenters. The van der Waals surface area contributed by atoms with Gasteiger partial charge in [-0.25, -0.2) is 4.98 Å². The van der Waals surface area contributed by atoms with Crippen molar-refractivity contribution in [1.82, 2.24) is 19.9 Å². The van der Waals surface area contributed by atoms with Crippen molar-refractivity contribution in [3.05, 3.63) is 54.4 Å². The first-order valence-corrected chi connectivity index (χ1v) is 10.6. The molecule has 0 aliphatic carbocycles. The number of imidazole rings is 1. The third kappa shape index (κ3) is 4.42. The van der Waals surface area contributed by atoms with Gasteiger partial charge >= 0.3 is 0 Å². The molecule has 0 radical (unpaired) electrons. The number of unbranched alkanes of at least 4 members (excludes halogenated alkanes) is 1. The lowest BCUT2D eigenvalue weighted by atomic mass is 9.97. The van der Waals surface area contributed by atoms with Gasteiger partial charge in [-0.15, -0.1) is 0 Å². The Labute approximate surface area is 172 Å². The van der Waals surface area contributed by atoms with Crippen molar-refractivity contribution < 1.29 is 4.79 Å². The highest BCUT2D eigenvalue weighted by Gasteiger charge is 2.28. The van der Waals surface area contributed by atoms with Crippen molar-refractivity contribution in [2.45, 2.75) is 45.7 Å². The van der Waals surface area contributed by atoms with E-state index in [1.54, 1.807) is 6.20 Å². The van der Waals surface area contributed by atoms with Gasteiger partial charge in [0.05, 0.1) is 29.2 Å². The number of fused-ring (bicyclic) bond motifs is 1. The van der Waals surface area contributed by atoms with Crippen LogP contribution in [0.4, 0.5) is 5.95 Å². The van der Waals surface area contributed by atoms with E-state index in [4.69, 9.17) is 4.98 Å². The molecule has 0 spiro atoms. The van der Waals surface area contributed by atoms with Gasteiger partial charge < -0.3 is 14.8 Å². The molecular formula is C23H29N5O. The molecule has 1 aromatic carbocycles. The molecule has 0 bridgehead atoms. The van der Waals surface area contributed by atoms with Crippen LogP contribution >= 0.6 is 0 Å². The van der Waals surface area contributed by atoms with E-state index < -0.39 is 0 Å². The maximum absolute atomic E-state index is 12.8. The van der Waals surface area contributed by atoms with Crippen molar-refractivity contribution in [2.24, 2.45) is 5.92 Å². The molecule has 1 saturated heterocycles. The minimum atomic E-state index is -0.0214. The number of benzene rings is 1. The minimum Gasteiger partial charge on any atom is -0.350 e. The van der Waals surface area contributed by atoms with Crippen molar-refractivity contribution >= 4 is 22.9 Å². The Hall–Kier alpha value is -2.89. The van der Waals surface area contributed by atoms with Gasteiger partial charge in [0, 0.05) is 25.8 Å². The summed E-state index contributed by atoms with van der Waals surface area (Å²) in [6, 6.07) is 14.1. The number of anilines is 1. The van der Waals surface area contributed by atoms with E-state index in [9.17, 15) is 4.79 Å². The van der Waals surface area contributed by atoms with Crippen LogP contribution in [0.1, 0.15) is 38.3 Å². The van der Waals surface area contributed by atoms with Crippen LogP contribution in [0.2, 0.25) is 0 Å². The standard InChI is InChI=1S/C23H29N5O/c1-2-3-15-28-21-12-5-4-11-20(21)26-23(28)27-14-8-9-18(17-27)22(29)25-16-19-10-6-7-13-24-19/h4-7,10-13,18H,2-3,8-9,14-17H2,1H3,(H,25,29). The van der Waals surface area contributed by atoms with Gasteiger partial charge in [0.1, 0.15) is 0 Å². The van der Waals surface area contributed by atoms with Crippen molar-refractivity contribution in [1.29, 1.82) is 0 Å². The van der Waals surface area contributed by atoms with Crippen molar-refractivity contribution in [3.63, 3.8) is 0 Å². The van der Waals surface area contributed by atoms with E-state index in [1.807, 2.05) is 24.3 Å². The summed E-state index contributed by atoms with van der Waals surface area (Å²) in [4.78, 5) is 24.3. The van der Waals surface area contributed by atoms with E-state index in [-0.39, 0.29) is 11.8 Å². The number of nitrogens with zero attached hydrogens (tertiary/aromatic N) is 4. The zero-order valence-electron chi connectivity index (χ0n) is 17.1. The molecule has 1 amide bonds. The highest BCUT2D eigenvalue weighted by atomic mass is 16.1. The highest BCUT2D eigenvalue weighted by Crippen LogP contribution is 2.27. The Morgan fingerprint density at radius 3 is 2.90 bits per heavy atom. The number of nitrogens with one attached hydrogen (secondary N) is 1. The summed E-state index contributed by atoms with van der Waals surface area (Å²) in [7, 11) is 0. The van der Waals surface area contributed by atoms with Crippen LogP contribution in [0, 0.1) is 5.92 Å². The Balaban J connectivity index is 1.48. The topological polar surface area (TPSA) is 63.1 Å². The number of hydrogen-bond donors (Lipinski definition) is 1. The molecule has 3 aromatic rings. The van der Waals surface area contributed by atoms with Crippen LogP contribution < -0.4 is 10.2 Å². The zero-order valence-corrected chi connectivity index (χ0v) is 17.1. The normalized spacial score (nSPS) is 16.9. The second-order valence-corrected chi connectivity index (χ2v) is 7.73. The van der Waals surface area contributed by atoms with Crippen LogP contribution in [0.5, 0.6) is 0 Å². The largest absolute Gasteiger partial charge is 0.350 e. The smallest absolute Gasteiger partial charge is 0.225 e. The number of carbonyl (C=O) groups excluding carboxylic acids is 1. The number of aryl methyl sites for hydroxylation is 1. The van der Waals surface area contributed by atoms with Crippen LogP contribution in [0.15, 0.2) is 48.7 Å². The SMILES string of the molecule is CCCCn1c(N2CCCC(C(=O)NCc3ccccn3)C2)nc2ccccc21. The van der Waals surface area contributed by atoms with Crippen molar-refractivity contribution in [3.8, 4) is 0 Å². The van der Waals surface area contributed by atoms with Gasteiger partial charge in [0.25, 0.3) is 0 Å². The number of hydrogen-bond acceptors (Lipinski definition) is 4. The molecule has 1 fully saturated rings. The summed E-state index contributed by atoms with van der Waals surface area (Å²) in [6.45, 7) is 5.30. The van der Waals surface area contributed by atoms with Crippen molar-refractivity contribution in [2.75, 3.05) is 18.0 Å². The minimum absolute atomic E-state index is 0.0214. The summed E-state index contributed by atoms with van der Waals surface area (Å²) in [5.41, 5.74) is 3.09. The summed E-state index contributed by atoms with van der Waals surface area (Å²) >= 11 is 0. The summed E-state index contributed by atoms with van der Waals surface area (Å²) in [5.74, 6) is 1.09. The summed E-state index contributed by atoms with van der Waals surface area (Å²) < 4.78 is 2.33. The first-order chi connectivity index (χ1) is 14.3. The average molecular weight is 392 g/mol. The first kappa shape index (κ1) is 19.4. The Bertz CT molecular complexity index is 952. The number of aromatic nitrogens is 3. The number of para-hydroxylation sites is 2. The van der Waals surface area contributed by atoms with Gasteiger partial charge in [-0.05, 0) is 43.5 Å². The first-order valence-electron chi connectivity index (χ1n) is 10.6. The van der Waals surface area contributed by atoms with Gasteiger partial charge in [0.2, 0.25) is 11.9 Å². The predicted molar refractivity (Wildman–Crippen MR) is 116 cm³/mol. The fourth-order valence-corrected chi connectivity index (χ4v) is 4.04. The van der Waals surface area contributed by atoms with E-state index in [1.165, 1.54) is 5.52 Å². The molecule has 1 aliphatic heterocycles. The Morgan fingerprint density at radius 1 is 1.21 bits per heavy atom. The fourth-order valence-electron chi connectivity index (χ4n) is 4.04. The zero-order chi connectivity index (χ0) is 20.1. The Kier molecular flexibility index (Phi) is 6.08. The molecule has 2 aromatic heterocycles. The molecule has 3 heterocycles. The predicted octanol–water partition coefficient (Wildman–Crippen LogP) is 3.76. The molecule has 1 N–H and O–H groups in total. The highest BCUT2D eigenvalue weighted by molar-refractivity contribution is 5.81. The monoisotopic (exact) mass is 391 g/mol. The van der Waals surface area contributed by atoms with Crippen LogP contribution in [-0.4, -0.2) is 33.5 Å². The lowest BCUT2D eigenvalue weighted by Crippen LogP contribution is -2.44. The maximum Gasteiger partial charge on any atom is 0.225 e. The molecule has 0 saturated carbocycles. The summed E-state index contributed by atoms with van der Waals surface area (Å²) in [6.07, 6.45) is 5.93. The molecule has 1 unspecified atom stereocenters. The molecule has 6 nitrogen and oxygen atoms in total. The van der Waals surface area contributed by atoms with Gasteiger partial charge in [-0.2, -0.15) is 0 Å². The van der Waals surface area contributed by atoms with E-state index in [0.717, 1.165) is 55.9 Å². The molecule has 6 heteroatoms. The van der Waals surface area contributed by atoms with E-state index >= 15 is 0 Å². The third-order valence-corrected chi connectivity index (χ3v) is 5.61. The number of pyridine rings is 1. The Morgan fingerprint density at radius 2 is 2.07 bits per heavy atom.